The molecule has 1 amide bonds. The smallest absolute Gasteiger partial charge is 0.357 e. The minimum absolute atomic E-state index is 0.0961. The van der Waals surface area contributed by atoms with Crippen LogP contribution in [0.4, 0.5) is 11.4 Å². The lowest BCUT2D eigenvalue weighted by molar-refractivity contribution is -0.129. The summed E-state index contributed by atoms with van der Waals surface area (Å²) in [4.78, 5) is 27.6. The Morgan fingerprint density at radius 1 is 1.11 bits per heavy atom. The van der Waals surface area contributed by atoms with Crippen molar-refractivity contribution >= 4 is 23.3 Å². The lowest BCUT2D eigenvalue weighted by atomic mass is 10.2. The summed E-state index contributed by atoms with van der Waals surface area (Å²) >= 11 is 0. The van der Waals surface area contributed by atoms with E-state index in [4.69, 9.17) is 10.5 Å². The molecule has 0 atom stereocenters. The Morgan fingerprint density at radius 3 is 2.22 bits per heavy atom. The summed E-state index contributed by atoms with van der Waals surface area (Å²) in [5.41, 5.74) is 8.12. The lowest BCUT2D eigenvalue weighted by Gasteiger charge is -2.35. The monoisotopic (exact) mass is 367 g/mol. The number of aromatic nitrogens is 1. The fraction of sp³-hybridized carbons (Fsp3) is 0.316. The summed E-state index contributed by atoms with van der Waals surface area (Å²) in [6.45, 7) is 4.51. The number of rotatable bonds is 3. The Hall–Kier alpha value is -3.47. The number of nitrogen functional groups attached to an aromatic ring is 1. The maximum absolute atomic E-state index is 12.1. The molecule has 1 aliphatic heterocycles. The molecule has 8 nitrogen and oxygen atoms in total. The summed E-state index contributed by atoms with van der Waals surface area (Å²) in [6.07, 6.45) is 1.53. The zero-order chi connectivity index (χ0) is 19.6. The number of piperazine rings is 1. The number of hydrogen-bond acceptors (Lipinski definition) is 6. The third-order valence-corrected chi connectivity index (χ3v) is 4.76. The number of ether oxygens (including phenoxy) is 1. The minimum atomic E-state index is -0.599. The molecule has 1 aromatic carbocycles. The molecule has 0 aliphatic carbocycles. The molecule has 1 aromatic heterocycles. The van der Waals surface area contributed by atoms with E-state index in [1.165, 1.54) is 13.3 Å². The Labute approximate surface area is 157 Å². The zero-order valence-electron chi connectivity index (χ0n) is 15.3. The van der Waals surface area contributed by atoms with Gasteiger partial charge in [0.15, 0.2) is 5.69 Å². The van der Waals surface area contributed by atoms with Gasteiger partial charge in [0.1, 0.15) is 6.07 Å². The molecule has 1 saturated heterocycles. The van der Waals surface area contributed by atoms with Crippen LogP contribution in [0.1, 0.15) is 23.0 Å². The molecule has 0 spiro atoms. The van der Waals surface area contributed by atoms with Gasteiger partial charge in [0, 0.05) is 50.7 Å². The molecule has 0 radical (unpaired) electrons. The van der Waals surface area contributed by atoms with Crippen molar-refractivity contribution in [3.05, 3.63) is 41.7 Å². The average molecular weight is 367 g/mol. The molecule has 1 aliphatic rings. The summed E-state index contributed by atoms with van der Waals surface area (Å²) < 4.78 is 6.36. The second-order valence-electron chi connectivity index (χ2n) is 6.29. The van der Waals surface area contributed by atoms with Gasteiger partial charge in [0.05, 0.1) is 18.4 Å². The topological polar surface area (TPSA) is 105 Å². The van der Waals surface area contributed by atoms with Crippen molar-refractivity contribution in [2.24, 2.45) is 0 Å². The summed E-state index contributed by atoms with van der Waals surface area (Å²) in [5, 5.41) is 9.20. The molecule has 1 fully saturated rings. The average Bonchev–Trinajstić information content (AvgIpc) is 3.04. The third kappa shape index (κ3) is 3.44. The van der Waals surface area contributed by atoms with Crippen molar-refractivity contribution in [1.29, 1.82) is 5.26 Å². The number of hydrogen-bond donors (Lipinski definition) is 1. The fourth-order valence-corrected chi connectivity index (χ4v) is 3.22. The number of carbonyl (C=O) groups excluding carboxylic acids is 2. The van der Waals surface area contributed by atoms with Crippen LogP contribution < -0.4 is 10.6 Å². The van der Waals surface area contributed by atoms with E-state index in [-0.39, 0.29) is 22.9 Å². The summed E-state index contributed by atoms with van der Waals surface area (Å²) in [5.74, 6) is -0.503. The molecule has 27 heavy (non-hydrogen) atoms. The molecule has 0 unspecified atom stereocenters. The number of nitrogens with two attached hydrogens (primary N) is 1. The highest BCUT2D eigenvalue weighted by atomic mass is 16.5. The van der Waals surface area contributed by atoms with E-state index < -0.39 is 5.97 Å². The number of benzene rings is 1. The second-order valence-corrected chi connectivity index (χ2v) is 6.29. The van der Waals surface area contributed by atoms with E-state index in [2.05, 4.69) is 4.90 Å². The van der Waals surface area contributed by atoms with Crippen LogP contribution in [-0.2, 0) is 9.53 Å². The van der Waals surface area contributed by atoms with Gasteiger partial charge in [-0.3, -0.25) is 4.79 Å². The van der Waals surface area contributed by atoms with E-state index in [0.717, 1.165) is 18.8 Å². The predicted octanol–water partition coefficient (Wildman–Crippen LogP) is 1.39. The molecule has 2 aromatic rings. The van der Waals surface area contributed by atoms with E-state index in [9.17, 15) is 14.9 Å². The van der Waals surface area contributed by atoms with Gasteiger partial charge in [-0.25, -0.2) is 4.79 Å². The van der Waals surface area contributed by atoms with Gasteiger partial charge in [0.25, 0.3) is 0 Å². The van der Waals surface area contributed by atoms with E-state index in [0.29, 0.717) is 18.8 Å². The fourth-order valence-electron chi connectivity index (χ4n) is 3.22. The first-order valence-corrected chi connectivity index (χ1v) is 8.56. The summed E-state index contributed by atoms with van der Waals surface area (Å²) in [6, 6.07) is 9.60. The van der Waals surface area contributed by atoms with E-state index in [1.807, 2.05) is 35.2 Å². The molecule has 3 rings (SSSR count). The number of methoxy groups -OCH3 is 1. The van der Waals surface area contributed by atoms with Crippen LogP contribution >= 0.6 is 0 Å². The van der Waals surface area contributed by atoms with Gasteiger partial charge in [-0.15, -0.1) is 0 Å². The maximum Gasteiger partial charge on any atom is 0.357 e. The van der Waals surface area contributed by atoms with Gasteiger partial charge in [-0.1, -0.05) is 0 Å². The maximum atomic E-state index is 12.1. The first kappa shape index (κ1) is 18.3. The van der Waals surface area contributed by atoms with Crippen molar-refractivity contribution in [3.63, 3.8) is 0 Å². The Morgan fingerprint density at radius 2 is 1.70 bits per heavy atom. The van der Waals surface area contributed by atoms with Crippen molar-refractivity contribution in [2.75, 3.05) is 43.9 Å². The first-order chi connectivity index (χ1) is 13.0. The summed E-state index contributed by atoms with van der Waals surface area (Å²) in [7, 11) is 1.27. The largest absolute Gasteiger partial charge is 0.464 e. The number of esters is 1. The second kappa shape index (κ2) is 7.41. The van der Waals surface area contributed by atoms with Gasteiger partial charge < -0.3 is 24.8 Å². The highest BCUT2D eigenvalue weighted by molar-refractivity contribution is 5.96. The number of nitrogens with zero attached hydrogens (tertiary/aromatic N) is 4. The van der Waals surface area contributed by atoms with Crippen molar-refractivity contribution in [1.82, 2.24) is 9.47 Å². The van der Waals surface area contributed by atoms with Crippen molar-refractivity contribution < 1.29 is 14.3 Å². The molecule has 2 heterocycles. The highest BCUT2D eigenvalue weighted by Crippen LogP contribution is 2.26. The Bertz CT molecular complexity index is 903. The van der Waals surface area contributed by atoms with Crippen LogP contribution in [0.5, 0.6) is 0 Å². The van der Waals surface area contributed by atoms with Crippen molar-refractivity contribution in [3.8, 4) is 11.8 Å². The molecule has 0 saturated carbocycles. The van der Waals surface area contributed by atoms with Gasteiger partial charge in [-0.05, 0) is 24.3 Å². The molecule has 140 valence electrons. The van der Waals surface area contributed by atoms with Gasteiger partial charge in [0.2, 0.25) is 5.91 Å². The van der Waals surface area contributed by atoms with Gasteiger partial charge in [-0.2, -0.15) is 5.26 Å². The minimum Gasteiger partial charge on any atom is -0.464 e. The molecule has 8 heteroatoms. The molecule has 0 bridgehead atoms. The highest BCUT2D eigenvalue weighted by Gasteiger charge is 2.22. The molecule has 2 N–H and O–H groups in total. The van der Waals surface area contributed by atoms with Crippen LogP contribution in [0.3, 0.4) is 0 Å². The Kier molecular flexibility index (Phi) is 5.03. The first-order valence-electron chi connectivity index (χ1n) is 8.56. The van der Waals surface area contributed by atoms with E-state index >= 15 is 0 Å². The quantitative estimate of drug-likeness (QED) is 0.822. The molecular formula is C19H21N5O3. The number of amides is 1. The predicted molar refractivity (Wildman–Crippen MR) is 101 cm³/mol. The van der Waals surface area contributed by atoms with Gasteiger partial charge >= 0.3 is 5.97 Å². The number of carbonyl (C=O) groups is 2. The number of nitriles is 1. The lowest BCUT2D eigenvalue weighted by Crippen LogP contribution is -2.48. The third-order valence-electron chi connectivity index (χ3n) is 4.76. The number of anilines is 2. The SMILES string of the molecule is COC(=O)c1c(N)c(C#N)cn1-c1ccc(N2CCN(C(C)=O)CC2)cc1. The van der Waals surface area contributed by atoms with Crippen LogP contribution in [-0.4, -0.2) is 54.6 Å². The molecular weight excluding hydrogens is 346 g/mol. The normalized spacial score (nSPS) is 14.0. The van der Waals surface area contributed by atoms with Crippen LogP contribution in [0, 0.1) is 11.3 Å². The standard InChI is InChI=1S/C19H21N5O3/c1-13(25)22-7-9-23(10-8-22)15-3-5-16(6-4-15)24-12-14(11-20)17(21)18(24)19(26)27-2/h3-6,12H,7-10,21H2,1-2H3. The Balaban J connectivity index is 1.86. The van der Waals surface area contributed by atoms with Crippen LogP contribution in [0.25, 0.3) is 5.69 Å². The van der Waals surface area contributed by atoms with E-state index in [1.54, 1.807) is 11.5 Å². The van der Waals surface area contributed by atoms with Crippen molar-refractivity contribution in [2.45, 2.75) is 6.92 Å². The zero-order valence-corrected chi connectivity index (χ0v) is 15.3. The van der Waals surface area contributed by atoms with Crippen LogP contribution in [0.15, 0.2) is 30.5 Å². The van der Waals surface area contributed by atoms with Crippen LogP contribution in [0.2, 0.25) is 0 Å².